The number of carbonyl (C=O) groups is 1. The standard InChI is InChI=1S/C31H36Cl2F2N4O2/c32-25-19-26-28(27(33)29(25)39-11-8-31(34,35)9-12-39)37-30(36-26)24(7-10-38-13-15-41-16-14-38)22-5-3-21(4-6-22)18-23(40)17-20-1-2-20/h3-6,19-20,24H,1-2,7-18H2,(H,36,37). The van der Waals surface area contributed by atoms with E-state index in [9.17, 15) is 13.6 Å². The quantitative estimate of drug-likeness (QED) is 0.273. The van der Waals surface area contributed by atoms with E-state index in [0.29, 0.717) is 51.3 Å². The van der Waals surface area contributed by atoms with Gasteiger partial charge in [-0.05, 0) is 48.9 Å². The molecule has 2 aliphatic heterocycles. The molecule has 3 aliphatic rings. The smallest absolute Gasteiger partial charge is 0.251 e. The molecule has 6 rings (SSSR count). The van der Waals surface area contributed by atoms with E-state index in [-0.39, 0.29) is 31.8 Å². The van der Waals surface area contributed by atoms with Gasteiger partial charge in [-0.3, -0.25) is 9.69 Å². The number of fused-ring (bicyclic) bond motifs is 1. The molecule has 41 heavy (non-hydrogen) atoms. The zero-order valence-electron chi connectivity index (χ0n) is 23.1. The number of imidazole rings is 1. The highest BCUT2D eigenvalue weighted by Gasteiger charge is 2.35. The van der Waals surface area contributed by atoms with Crippen molar-refractivity contribution in [1.82, 2.24) is 14.9 Å². The topological polar surface area (TPSA) is 61.5 Å². The number of piperidine rings is 1. The van der Waals surface area contributed by atoms with Gasteiger partial charge in [0.1, 0.15) is 11.6 Å². The number of H-pyrrole nitrogens is 1. The van der Waals surface area contributed by atoms with Crippen LogP contribution in [0.15, 0.2) is 30.3 Å². The lowest BCUT2D eigenvalue weighted by molar-refractivity contribution is -0.118. The molecule has 1 unspecified atom stereocenters. The molecule has 0 spiro atoms. The van der Waals surface area contributed by atoms with Crippen LogP contribution in [0.5, 0.6) is 0 Å². The van der Waals surface area contributed by atoms with E-state index in [1.54, 1.807) is 6.07 Å². The van der Waals surface area contributed by atoms with Crippen molar-refractivity contribution in [1.29, 1.82) is 0 Å². The summed E-state index contributed by atoms with van der Waals surface area (Å²) in [5, 5.41) is 0.823. The molecule has 6 nitrogen and oxygen atoms in total. The zero-order valence-corrected chi connectivity index (χ0v) is 24.6. The number of anilines is 1. The van der Waals surface area contributed by atoms with Gasteiger partial charge in [0.25, 0.3) is 5.92 Å². The number of ether oxygens (including phenoxy) is 1. The van der Waals surface area contributed by atoms with Crippen molar-refractivity contribution in [2.24, 2.45) is 5.92 Å². The van der Waals surface area contributed by atoms with Gasteiger partial charge in [0, 0.05) is 57.8 Å². The minimum atomic E-state index is -2.66. The van der Waals surface area contributed by atoms with Gasteiger partial charge in [-0.25, -0.2) is 13.8 Å². The summed E-state index contributed by atoms with van der Waals surface area (Å²) in [4.78, 5) is 25.1. The van der Waals surface area contributed by atoms with Crippen molar-refractivity contribution in [3.05, 3.63) is 57.3 Å². The summed E-state index contributed by atoms with van der Waals surface area (Å²) in [5.41, 5.74) is 4.03. The van der Waals surface area contributed by atoms with Gasteiger partial charge in [0.2, 0.25) is 0 Å². The van der Waals surface area contributed by atoms with E-state index in [1.807, 2.05) is 4.90 Å². The number of Topliss-reactive ketones (excluding diaryl/α,β-unsaturated/α-hetero) is 1. The summed E-state index contributed by atoms with van der Waals surface area (Å²) in [5.74, 6) is -1.01. The first kappa shape index (κ1) is 28.8. The van der Waals surface area contributed by atoms with E-state index in [1.165, 1.54) is 12.8 Å². The Labute approximate surface area is 249 Å². The van der Waals surface area contributed by atoms with Gasteiger partial charge in [-0.1, -0.05) is 47.5 Å². The molecule has 3 fully saturated rings. The maximum Gasteiger partial charge on any atom is 0.251 e. The summed E-state index contributed by atoms with van der Waals surface area (Å²) in [7, 11) is 0. The molecule has 1 aromatic heterocycles. The van der Waals surface area contributed by atoms with Crippen molar-refractivity contribution in [2.75, 3.05) is 50.8 Å². The number of hydrogen-bond acceptors (Lipinski definition) is 5. The molecule has 0 bridgehead atoms. The van der Waals surface area contributed by atoms with Crippen LogP contribution in [-0.2, 0) is 16.0 Å². The first-order valence-corrected chi connectivity index (χ1v) is 15.4. The fraction of sp³-hybridized carbons (Fsp3) is 0.548. The molecule has 220 valence electrons. The largest absolute Gasteiger partial charge is 0.379 e. The summed E-state index contributed by atoms with van der Waals surface area (Å²) in [6, 6.07) is 10.1. The van der Waals surface area contributed by atoms with E-state index in [2.05, 4.69) is 34.1 Å². The van der Waals surface area contributed by atoms with E-state index in [4.69, 9.17) is 32.9 Å². The average Bonchev–Trinajstić information content (AvgIpc) is 3.66. The Morgan fingerprint density at radius 2 is 1.80 bits per heavy atom. The van der Waals surface area contributed by atoms with Crippen molar-refractivity contribution in [3.8, 4) is 0 Å². The van der Waals surface area contributed by atoms with Gasteiger partial charge in [0.15, 0.2) is 0 Å². The number of morpholine rings is 1. The lowest BCUT2D eigenvalue weighted by Crippen LogP contribution is -2.39. The predicted octanol–water partition coefficient (Wildman–Crippen LogP) is 6.87. The van der Waals surface area contributed by atoms with Crippen LogP contribution in [0, 0.1) is 5.92 Å². The maximum absolute atomic E-state index is 13.8. The number of carbonyl (C=O) groups excluding carboxylic acids is 1. The number of rotatable bonds is 10. The van der Waals surface area contributed by atoms with Gasteiger partial charge in [0.05, 0.1) is 40.0 Å². The number of halogens is 4. The van der Waals surface area contributed by atoms with E-state index < -0.39 is 5.92 Å². The fourth-order valence-electron chi connectivity index (χ4n) is 6.01. The molecule has 2 aromatic carbocycles. The van der Waals surface area contributed by atoms with Crippen molar-refractivity contribution in [3.63, 3.8) is 0 Å². The minimum Gasteiger partial charge on any atom is -0.379 e. The molecule has 1 aliphatic carbocycles. The Balaban J connectivity index is 1.27. The SMILES string of the molecule is O=C(Cc1ccc(C(CCN2CCOCC2)c2nc3cc(Cl)c(N4CCC(F)(F)CC4)c(Cl)c3[nH]2)cc1)CC1CC1. The molecule has 1 atom stereocenters. The van der Waals surface area contributed by atoms with Gasteiger partial charge in [-0.15, -0.1) is 0 Å². The van der Waals surface area contributed by atoms with Crippen LogP contribution in [0.4, 0.5) is 14.5 Å². The lowest BCUT2D eigenvalue weighted by atomic mass is 9.93. The fourth-order valence-corrected chi connectivity index (χ4v) is 6.74. The van der Waals surface area contributed by atoms with E-state index in [0.717, 1.165) is 56.2 Å². The Morgan fingerprint density at radius 1 is 1.10 bits per heavy atom. The Hall–Kier alpha value is -2.26. The highest BCUT2D eigenvalue weighted by atomic mass is 35.5. The van der Waals surface area contributed by atoms with Crippen molar-refractivity contribution in [2.45, 2.75) is 56.8 Å². The Kier molecular flexibility index (Phi) is 8.55. The lowest BCUT2D eigenvalue weighted by Gasteiger charge is -2.34. The Bertz CT molecular complexity index is 1380. The molecule has 0 amide bonds. The molecule has 3 aromatic rings. The molecule has 0 radical (unpaired) electrons. The summed E-state index contributed by atoms with van der Waals surface area (Å²) in [6.45, 7) is 4.53. The second-order valence-electron chi connectivity index (χ2n) is 11.8. The van der Waals surface area contributed by atoms with Gasteiger partial charge in [-0.2, -0.15) is 0 Å². The van der Waals surface area contributed by atoms with Crippen LogP contribution in [0.2, 0.25) is 10.0 Å². The maximum atomic E-state index is 13.8. The number of nitrogens with one attached hydrogen (secondary N) is 1. The van der Waals surface area contributed by atoms with E-state index >= 15 is 0 Å². The third kappa shape index (κ3) is 6.87. The van der Waals surface area contributed by atoms with Crippen LogP contribution >= 0.6 is 23.2 Å². The average molecular weight is 606 g/mol. The molecule has 1 saturated carbocycles. The van der Waals surface area contributed by atoms with Crippen LogP contribution in [0.25, 0.3) is 11.0 Å². The van der Waals surface area contributed by atoms with Crippen LogP contribution in [0.3, 0.4) is 0 Å². The summed E-state index contributed by atoms with van der Waals surface area (Å²) < 4.78 is 33.1. The van der Waals surface area contributed by atoms with Crippen molar-refractivity contribution < 1.29 is 18.3 Å². The number of ketones is 1. The molecule has 2 saturated heterocycles. The molecular formula is C31H36Cl2F2N4O2. The molecular weight excluding hydrogens is 569 g/mol. The van der Waals surface area contributed by atoms with Crippen LogP contribution in [-0.4, -0.2) is 72.5 Å². The van der Waals surface area contributed by atoms with Gasteiger partial charge < -0.3 is 14.6 Å². The number of alkyl halides is 2. The number of benzene rings is 2. The summed E-state index contributed by atoms with van der Waals surface area (Å²) in [6.07, 6.45) is 3.90. The number of aromatic nitrogens is 2. The number of nitrogens with zero attached hydrogens (tertiary/aromatic N) is 3. The zero-order chi connectivity index (χ0) is 28.6. The van der Waals surface area contributed by atoms with Crippen molar-refractivity contribution >= 4 is 45.7 Å². The minimum absolute atomic E-state index is 0.0339. The second kappa shape index (κ2) is 12.2. The monoisotopic (exact) mass is 604 g/mol. The third-order valence-electron chi connectivity index (χ3n) is 8.64. The highest BCUT2D eigenvalue weighted by molar-refractivity contribution is 6.42. The van der Waals surface area contributed by atoms with Crippen LogP contribution in [0.1, 0.15) is 61.4 Å². The first-order valence-electron chi connectivity index (χ1n) is 14.7. The highest BCUT2D eigenvalue weighted by Crippen LogP contribution is 2.42. The molecule has 10 heteroatoms. The Morgan fingerprint density at radius 3 is 2.49 bits per heavy atom. The second-order valence-corrected chi connectivity index (χ2v) is 12.6. The van der Waals surface area contributed by atoms with Crippen LogP contribution < -0.4 is 4.90 Å². The predicted molar refractivity (Wildman–Crippen MR) is 159 cm³/mol. The first-order chi connectivity index (χ1) is 19.8. The third-order valence-corrected chi connectivity index (χ3v) is 9.30. The summed E-state index contributed by atoms with van der Waals surface area (Å²) >= 11 is 13.5. The normalized spacial score (nSPS) is 20.4. The number of hydrogen-bond donors (Lipinski definition) is 1. The molecule has 1 N–H and O–H groups in total. The number of aromatic amines is 1. The molecule has 3 heterocycles. The van der Waals surface area contributed by atoms with Gasteiger partial charge >= 0.3 is 0 Å².